The van der Waals surface area contributed by atoms with E-state index in [-0.39, 0.29) is 0 Å². The molecule has 1 aliphatic heterocycles. The van der Waals surface area contributed by atoms with Gasteiger partial charge in [0.15, 0.2) is 0 Å². The first-order valence-electron chi connectivity index (χ1n) is 6.51. The first kappa shape index (κ1) is 11.0. The van der Waals surface area contributed by atoms with Gasteiger partial charge in [-0.25, -0.2) is 0 Å². The van der Waals surface area contributed by atoms with Crippen molar-refractivity contribution in [2.75, 3.05) is 13.1 Å². The van der Waals surface area contributed by atoms with Crippen LogP contribution in [-0.2, 0) is 0 Å². The highest BCUT2D eigenvalue weighted by molar-refractivity contribution is 4.85. The molecule has 2 heteroatoms. The minimum Gasteiger partial charge on any atom is -0.300 e. The van der Waals surface area contributed by atoms with Crippen LogP contribution in [0.3, 0.4) is 0 Å². The molecule has 0 spiro atoms. The Bertz CT molecular complexity index is 225. The minimum atomic E-state index is 0.658. The van der Waals surface area contributed by atoms with E-state index in [4.69, 9.17) is 5.26 Å². The van der Waals surface area contributed by atoms with Gasteiger partial charge in [-0.3, -0.25) is 0 Å². The number of nitrogens with zero attached hydrogens (tertiary/aromatic N) is 2. The Morgan fingerprint density at radius 2 is 1.87 bits per heavy atom. The van der Waals surface area contributed by atoms with Gasteiger partial charge in [0.25, 0.3) is 0 Å². The Balaban J connectivity index is 1.83. The van der Waals surface area contributed by atoms with Crippen molar-refractivity contribution in [3.05, 3.63) is 0 Å². The summed E-state index contributed by atoms with van der Waals surface area (Å²) in [5, 5.41) is 8.75. The molecule has 0 N–H and O–H groups in total. The van der Waals surface area contributed by atoms with E-state index in [2.05, 4.69) is 11.0 Å². The molecule has 1 aliphatic carbocycles. The van der Waals surface area contributed by atoms with Crippen molar-refractivity contribution in [2.45, 2.75) is 57.4 Å². The van der Waals surface area contributed by atoms with Gasteiger partial charge in [0.2, 0.25) is 0 Å². The SMILES string of the molecule is N#CCC1CCCN(C2CCCCC2)C1. The van der Waals surface area contributed by atoms with E-state index in [0.29, 0.717) is 5.92 Å². The number of nitriles is 1. The lowest BCUT2D eigenvalue weighted by molar-refractivity contribution is 0.0998. The van der Waals surface area contributed by atoms with Crippen LogP contribution in [0.2, 0.25) is 0 Å². The number of likely N-dealkylation sites (tertiary alicyclic amines) is 1. The Morgan fingerprint density at radius 1 is 1.07 bits per heavy atom. The third kappa shape index (κ3) is 2.95. The smallest absolute Gasteiger partial charge is 0.0625 e. The van der Waals surface area contributed by atoms with Crippen LogP contribution in [0, 0.1) is 17.2 Å². The van der Waals surface area contributed by atoms with E-state index >= 15 is 0 Å². The van der Waals surface area contributed by atoms with Crippen LogP contribution in [0.25, 0.3) is 0 Å². The first-order valence-corrected chi connectivity index (χ1v) is 6.51. The average molecular weight is 206 g/mol. The maximum atomic E-state index is 8.75. The summed E-state index contributed by atoms with van der Waals surface area (Å²) < 4.78 is 0. The molecule has 1 atom stereocenters. The molecule has 1 heterocycles. The van der Waals surface area contributed by atoms with Gasteiger partial charge in [-0.2, -0.15) is 5.26 Å². The van der Waals surface area contributed by atoms with Crippen LogP contribution in [0.1, 0.15) is 51.4 Å². The monoisotopic (exact) mass is 206 g/mol. The van der Waals surface area contributed by atoms with Crippen LogP contribution in [0.15, 0.2) is 0 Å². The van der Waals surface area contributed by atoms with Crippen LogP contribution in [-0.4, -0.2) is 24.0 Å². The molecule has 0 aromatic heterocycles. The van der Waals surface area contributed by atoms with Gasteiger partial charge in [0.05, 0.1) is 6.07 Å². The summed E-state index contributed by atoms with van der Waals surface area (Å²) in [6.07, 6.45) is 10.4. The highest BCUT2D eigenvalue weighted by Crippen LogP contribution is 2.27. The Labute approximate surface area is 93.3 Å². The third-order valence-corrected chi connectivity index (χ3v) is 4.02. The second-order valence-electron chi connectivity index (χ2n) is 5.16. The van der Waals surface area contributed by atoms with Gasteiger partial charge in [-0.1, -0.05) is 19.3 Å². The highest BCUT2D eigenvalue weighted by atomic mass is 15.2. The fraction of sp³-hybridized carbons (Fsp3) is 0.923. The average Bonchev–Trinajstić information content (AvgIpc) is 2.31. The van der Waals surface area contributed by atoms with E-state index < -0.39 is 0 Å². The van der Waals surface area contributed by atoms with Gasteiger partial charge in [-0.15, -0.1) is 0 Å². The van der Waals surface area contributed by atoms with E-state index in [1.165, 1.54) is 58.0 Å². The molecule has 84 valence electrons. The molecule has 1 saturated carbocycles. The zero-order valence-corrected chi connectivity index (χ0v) is 9.62. The van der Waals surface area contributed by atoms with Crippen molar-refractivity contribution in [2.24, 2.45) is 5.92 Å². The minimum absolute atomic E-state index is 0.658. The number of hydrogen-bond donors (Lipinski definition) is 0. The Kier molecular flexibility index (Phi) is 4.02. The zero-order valence-electron chi connectivity index (χ0n) is 9.62. The zero-order chi connectivity index (χ0) is 10.5. The third-order valence-electron chi connectivity index (χ3n) is 4.02. The predicted octanol–water partition coefficient (Wildman–Crippen LogP) is 2.94. The van der Waals surface area contributed by atoms with Crippen LogP contribution < -0.4 is 0 Å². The topological polar surface area (TPSA) is 27.0 Å². The fourth-order valence-corrected chi connectivity index (χ4v) is 3.17. The summed E-state index contributed by atoms with van der Waals surface area (Å²) >= 11 is 0. The molecule has 0 bridgehead atoms. The maximum absolute atomic E-state index is 8.75. The molecule has 2 nitrogen and oxygen atoms in total. The van der Waals surface area contributed by atoms with Gasteiger partial charge in [0, 0.05) is 19.0 Å². The quantitative estimate of drug-likeness (QED) is 0.694. The predicted molar refractivity (Wildman–Crippen MR) is 61.4 cm³/mol. The summed E-state index contributed by atoms with van der Waals surface area (Å²) in [5.41, 5.74) is 0. The van der Waals surface area contributed by atoms with Crippen molar-refractivity contribution >= 4 is 0 Å². The second-order valence-corrected chi connectivity index (χ2v) is 5.16. The molecule has 0 amide bonds. The fourth-order valence-electron chi connectivity index (χ4n) is 3.17. The lowest BCUT2D eigenvalue weighted by atomic mass is 9.89. The van der Waals surface area contributed by atoms with E-state index in [0.717, 1.165) is 12.5 Å². The summed E-state index contributed by atoms with van der Waals surface area (Å²) in [6.45, 7) is 2.48. The summed E-state index contributed by atoms with van der Waals surface area (Å²) in [7, 11) is 0. The molecule has 2 fully saturated rings. The van der Waals surface area contributed by atoms with Crippen LogP contribution >= 0.6 is 0 Å². The molecular weight excluding hydrogens is 184 g/mol. The molecule has 1 saturated heterocycles. The van der Waals surface area contributed by atoms with Crippen molar-refractivity contribution < 1.29 is 0 Å². The largest absolute Gasteiger partial charge is 0.300 e. The number of rotatable bonds is 2. The molecule has 0 aromatic carbocycles. The van der Waals surface area contributed by atoms with Crippen molar-refractivity contribution in [1.29, 1.82) is 5.26 Å². The second kappa shape index (κ2) is 5.51. The normalized spacial score (nSPS) is 29.9. The molecule has 0 radical (unpaired) electrons. The molecule has 2 rings (SSSR count). The maximum Gasteiger partial charge on any atom is 0.0625 e. The molecule has 0 aromatic rings. The van der Waals surface area contributed by atoms with Crippen LogP contribution in [0.5, 0.6) is 0 Å². The first-order chi connectivity index (χ1) is 7.40. The molecule has 15 heavy (non-hydrogen) atoms. The van der Waals surface area contributed by atoms with Crippen molar-refractivity contribution in [1.82, 2.24) is 4.90 Å². The lowest BCUT2D eigenvalue weighted by Gasteiger charge is -2.39. The standard InChI is InChI=1S/C13H22N2/c14-9-8-12-5-4-10-15(11-12)13-6-2-1-3-7-13/h12-13H,1-8,10-11H2. The van der Waals surface area contributed by atoms with Crippen molar-refractivity contribution in [3.8, 4) is 6.07 Å². The highest BCUT2D eigenvalue weighted by Gasteiger charge is 2.26. The molecule has 1 unspecified atom stereocenters. The van der Waals surface area contributed by atoms with E-state index in [9.17, 15) is 0 Å². The van der Waals surface area contributed by atoms with E-state index in [1.54, 1.807) is 0 Å². The summed E-state index contributed by atoms with van der Waals surface area (Å²) in [4.78, 5) is 2.67. The van der Waals surface area contributed by atoms with Gasteiger partial charge in [-0.05, 0) is 38.1 Å². The molecular formula is C13H22N2. The van der Waals surface area contributed by atoms with Gasteiger partial charge in [0.1, 0.15) is 0 Å². The van der Waals surface area contributed by atoms with Crippen LogP contribution in [0.4, 0.5) is 0 Å². The van der Waals surface area contributed by atoms with E-state index in [1.807, 2.05) is 0 Å². The van der Waals surface area contributed by atoms with Gasteiger partial charge < -0.3 is 4.90 Å². The van der Waals surface area contributed by atoms with Crippen molar-refractivity contribution in [3.63, 3.8) is 0 Å². The molecule has 2 aliphatic rings. The Hall–Kier alpha value is -0.550. The summed E-state index contributed by atoms with van der Waals surface area (Å²) in [5.74, 6) is 0.658. The summed E-state index contributed by atoms with van der Waals surface area (Å²) in [6, 6.07) is 3.18. The number of hydrogen-bond acceptors (Lipinski definition) is 2. The number of piperidine rings is 1. The lowest BCUT2D eigenvalue weighted by Crippen LogP contribution is -2.43. The van der Waals surface area contributed by atoms with Gasteiger partial charge >= 0.3 is 0 Å². The Morgan fingerprint density at radius 3 is 2.60 bits per heavy atom.